The Kier molecular flexibility index (Phi) is 4.97. The van der Waals surface area contributed by atoms with Gasteiger partial charge in [-0.1, -0.05) is 42.5 Å². The maximum atomic E-state index is 13.5. The summed E-state index contributed by atoms with van der Waals surface area (Å²) >= 11 is 0. The molecule has 1 aromatic heterocycles. The summed E-state index contributed by atoms with van der Waals surface area (Å²) in [6.07, 6.45) is 1.67. The smallest absolute Gasteiger partial charge is 0.228 e. The lowest BCUT2D eigenvalue weighted by Crippen LogP contribution is -2.52. The van der Waals surface area contributed by atoms with Crippen molar-refractivity contribution in [3.8, 4) is 11.8 Å². The van der Waals surface area contributed by atoms with Crippen molar-refractivity contribution in [2.75, 3.05) is 14.1 Å². The molecule has 7 heteroatoms. The zero-order chi connectivity index (χ0) is 24.3. The third-order valence-corrected chi connectivity index (χ3v) is 7.21. The van der Waals surface area contributed by atoms with Gasteiger partial charge in [0.15, 0.2) is 11.2 Å². The Morgan fingerprint density at radius 2 is 1.79 bits per heavy atom. The lowest BCUT2D eigenvalue weighted by Gasteiger charge is -2.41. The predicted octanol–water partition coefficient (Wildman–Crippen LogP) is 2.60. The Morgan fingerprint density at radius 1 is 1.12 bits per heavy atom. The number of fused-ring (bicyclic) bond motifs is 3. The van der Waals surface area contributed by atoms with Gasteiger partial charge in [0.25, 0.3) is 0 Å². The van der Waals surface area contributed by atoms with Crippen LogP contribution in [0.15, 0.2) is 67.0 Å². The third kappa shape index (κ3) is 2.70. The number of hydrogen-bond donors (Lipinski definition) is 2. The van der Waals surface area contributed by atoms with Gasteiger partial charge < -0.3 is 19.8 Å². The Hall–Kier alpha value is -3.73. The fourth-order valence-electron chi connectivity index (χ4n) is 5.84. The quantitative estimate of drug-likeness (QED) is 0.629. The molecule has 5 atom stereocenters. The molecule has 2 aromatic carbocycles. The molecule has 0 bridgehead atoms. The standard InChI is InChI=1S/C27H25N3O4/c1-16-14-29-15-20-22(16)26(33)24(31)21(25(32)30(2)3)23(18-7-5-4-6-8-18)27(26,34-20)19-11-9-17(13-28)10-12-19/h4-12,14-15,21,23-24,31,33H,1-3H3/t21-,23-,24-,26+,27+/m1/s1. The van der Waals surface area contributed by atoms with Crippen molar-refractivity contribution in [2.24, 2.45) is 5.92 Å². The number of aryl methyl sites for hydroxylation is 1. The van der Waals surface area contributed by atoms with E-state index in [1.54, 1.807) is 51.5 Å². The Labute approximate surface area is 197 Å². The number of hydrogen-bond acceptors (Lipinski definition) is 6. The number of pyridine rings is 1. The van der Waals surface area contributed by atoms with Crippen LogP contribution in [0.4, 0.5) is 0 Å². The lowest BCUT2D eigenvalue weighted by atomic mass is 9.70. The average Bonchev–Trinajstić information content (AvgIpc) is 3.23. The first-order valence-electron chi connectivity index (χ1n) is 11.1. The summed E-state index contributed by atoms with van der Waals surface area (Å²) in [6.45, 7) is 1.80. The molecule has 3 aromatic rings. The minimum Gasteiger partial charge on any atom is -0.476 e. The van der Waals surface area contributed by atoms with Gasteiger partial charge in [-0.25, -0.2) is 0 Å². The summed E-state index contributed by atoms with van der Waals surface area (Å²) in [5.41, 5.74) is -0.636. The van der Waals surface area contributed by atoms with Gasteiger partial charge in [0.1, 0.15) is 11.9 Å². The SMILES string of the molecule is Cc1cncc2c1[C@]1(O)[C@H](O)[C@H](C(=O)N(C)C)[C@@H](c3ccccc3)[C@]1(c1ccc(C#N)cc1)O2. The molecule has 2 heterocycles. The minimum absolute atomic E-state index is 0.311. The van der Waals surface area contributed by atoms with Crippen LogP contribution in [0.2, 0.25) is 0 Å². The van der Waals surface area contributed by atoms with Gasteiger partial charge in [0, 0.05) is 31.8 Å². The van der Waals surface area contributed by atoms with Crippen LogP contribution in [0.5, 0.6) is 5.75 Å². The van der Waals surface area contributed by atoms with Crippen molar-refractivity contribution in [1.29, 1.82) is 5.26 Å². The van der Waals surface area contributed by atoms with E-state index >= 15 is 0 Å². The molecule has 1 aliphatic heterocycles. The number of carbonyl (C=O) groups is 1. The van der Waals surface area contributed by atoms with E-state index in [0.29, 0.717) is 28.0 Å². The van der Waals surface area contributed by atoms with Crippen molar-refractivity contribution < 1.29 is 19.7 Å². The van der Waals surface area contributed by atoms with Gasteiger partial charge in [-0.15, -0.1) is 0 Å². The van der Waals surface area contributed by atoms with E-state index in [4.69, 9.17) is 4.74 Å². The number of aliphatic hydroxyl groups excluding tert-OH is 1. The molecule has 5 rings (SSSR count). The molecule has 0 saturated heterocycles. The molecular weight excluding hydrogens is 430 g/mol. The van der Waals surface area contributed by atoms with Gasteiger partial charge in [-0.3, -0.25) is 9.78 Å². The molecule has 2 N–H and O–H groups in total. The van der Waals surface area contributed by atoms with E-state index < -0.39 is 29.1 Å². The van der Waals surface area contributed by atoms with Crippen LogP contribution in [0.3, 0.4) is 0 Å². The molecule has 172 valence electrons. The number of ether oxygens (including phenoxy) is 1. The second-order valence-corrected chi connectivity index (χ2v) is 9.21. The van der Waals surface area contributed by atoms with Crippen LogP contribution in [-0.4, -0.2) is 46.2 Å². The number of carbonyl (C=O) groups excluding carboxylic acids is 1. The molecule has 1 aliphatic carbocycles. The van der Waals surface area contributed by atoms with Crippen LogP contribution < -0.4 is 4.74 Å². The zero-order valence-electron chi connectivity index (χ0n) is 19.1. The summed E-state index contributed by atoms with van der Waals surface area (Å²) in [6, 6.07) is 18.2. The Balaban J connectivity index is 1.88. The minimum atomic E-state index is -1.94. The van der Waals surface area contributed by atoms with E-state index in [0.717, 1.165) is 5.56 Å². The van der Waals surface area contributed by atoms with Crippen LogP contribution in [0.1, 0.15) is 33.7 Å². The topological polar surface area (TPSA) is 107 Å². The number of amides is 1. The van der Waals surface area contributed by atoms with Gasteiger partial charge >= 0.3 is 0 Å². The van der Waals surface area contributed by atoms with Gasteiger partial charge in [-0.05, 0) is 35.7 Å². The molecule has 0 spiro atoms. The summed E-state index contributed by atoms with van der Waals surface area (Å²) in [5, 5.41) is 33.7. The number of rotatable bonds is 3. The zero-order valence-corrected chi connectivity index (χ0v) is 19.1. The first-order chi connectivity index (χ1) is 16.3. The number of nitriles is 1. The van der Waals surface area contributed by atoms with E-state index in [1.807, 2.05) is 30.3 Å². The molecule has 1 amide bonds. The molecule has 0 unspecified atom stereocenters. The van der Waals surface area contributed by atoms with Gasteiger partial charge in [0.2, 0.25) is 5.91 Å². The summed E-state index contributed by atoms with van der Waals surface area (Å²) in [7, 11) is 3.27. The predicted molar refractivity (Wildman–Crippen MR) is 124 cm³/mol. The van der Waals surface area contributed by atoms with Gasteiger partial charge in [-0.2, -0.15) is 5.26 Å². The maximum absolute atomic E-state index is 13.5. The number of benzene rings is 2. The first kappa shape index (κ1) is 22.1. The number of aromatic nitrogens is 1. The molecule has 0 radical (unpaired) electrons. The van der Waals surface area contributed by atoms with Crippen LogP contribution in [-0.2, 0) is 16.0 Å². The van der Waals surface area contributed by atoms with E-state index in [9.17, 15) is 20.3 Å². The first-order valence-corrected chi connectivity index (χ1v) is 11.1. The summed E-state index contributed by atoms with van der Waals surface area (Å²) in [4.78, 5) is 19.2. The van der Waals surface area contributed by atoms with Crippen LogP contribution in [0.25, 0.3) is 0 Å². The van der Waals surface area contributed by atoms with E-state index in [2.05, 4.69) is 11.1 Å². The van der Waals surface area contributed by atoms with Crippen LogP contribution >= 0.6 is 0 Å². The second-order valence-electron chi connectivity index (χ2n) is 9.21. The van der Waals surface area contributed by atoms with Crippen LogP contribution in [0, 0.1) is 24.2 Å². The third-order valence-electron chi connectivity index (χ3n) is 7.21. The molecule has 2 aliphatic rings. The Morgan fingerprint density at radius 3 is 2.41 bits per heavy atom. The highest BCUT2D eigenvalue weighted by Gasteiger charge is 2.77. The summed E-state index contributed by atoms with van der Waals surface area (Å²) < 4.78 is 6.63. The molecular formula is C27H25N3O4. The fourth-order valence-corrected chi connectivity index (χ4v) is 5.84. The normalized spacial score (nSPS) is 29.0. The van der Waals surface area contributed by atoms with E-state index in [1.165, 1.54) is 11.1 Å². The highest BCUT2D eigenvalue weighted by Crippen LogP contribution is 2.68. The molecule has 1 fully saturated rings. The van der Waals surface area contributed by atoms with Crippen molar-refractivity contribution in [1.82, 2.24) is 9.88 Å². The van der Waals surface area contributed by atoms with Crippen molar-refractivity contribution in [2.45, 2.75) is 30.1 Å². The molecule has 34 heavy (non-hydrogen) atoms. The van der Waals surface area contributed by atoms with Crippen molar-refractivity contribution in [3.63, 3.8) is 0 Å². The molecule has 1 saturated carbocycles. The monoisotopic (exact) mass is 455 g/mol. The second kappa shape index (κ2) is 7.66. The largest absolute Gasteiger partial charge is 0.476 e. The molecule has 7 nitrogen and oxygen atoms in total. The number of nitrogens with zero attached hydrogens (tertiary/aromatic N) is 3. The van der Waals surface area contributed by atoms with Crippen molar-refractivity contribution >= 4 is 5.91 Å². The van der Waals surface area contributed by atoms with E-state index in [-0.39, 0.29) is 5.91 Å². The lowest BCUT2D eigenvalue weighted by molar-refractivity contribution is -0.156. The number of aliphatic hydroxyl groups is 2. The Bertz CT molecular complexity index is 1300. The maximum Gasteiger partial charge on any atom is 0.228 e. The highest BCUT2D eigenvalue weighted by molar-refractivity contribution is 5.82. The average molecular weight is 456 g/mol. The fraction of sp³-hybridized carbons (Fsp3) is 0.296. The highest BCUT2D eigenvalue weighted by atomic mass is 16.5. The summed E-state index contributed by atoms with van der Waals surface area (Å²) in [5.74, 6) is -1.67. The van der Waals surface area contributed by atoms with Gasteiger partial charge in [0.05, 0.1) is 23.7 Å². The van der Waals surface area contributed by atoms with Crippen molar-refractivity contribution in [3.05, 3.63) is 94.8 Å².